The van der Waals surface area contributed by atoms with Crippen molar-refractivity contribution in [2.24, 2.45) is 11.0 Å². The summed E-state index contributed by atoms with van der Waals surface area (Å²) in [5, 5.41) is 6.49. The van der Waals surface area contributed by atoms with Gasteiger partial charge in [0.05, 0.1) is 5.54 Å². The lowest BCUT2D eigenvalue weighted by Gasteiger charge is -2.37. The third kappa shape index (κ3) is 2.26. The number of rotatable bonds is 2. The highest BCUT2D eigenvalue weighted by Crippen LogP contribution is 2.44. The molecule has 0 saturated carbocycles. The number of anilines is 1. The van der Waals surface area contributed by atoms with Crippen molar-refractivity contribution in [3.05, 3.63) is 72.4 Å². The molecule has 0 radical (unpaired) electrons. The molecule has 0 N–H and O–H groups in total. The quantitative estimate of drug-likeness (QED) is 0.784. The number of hydrazone groups is 1. The predicted octanol–water partition coefficient (Wildman–Crippen LogP) is 2.69. The summed E-state index contributed by atoms with van der Waals surface area (Å²) in [7, 11) is 0. The number of benzene rings is 1. The molecule has 130 valence electrons. The predicted molar refractivity (Wildman–Crippen MR) is 98.1 cm³/mol. The van der Waals surface area contributed by atoms with Crippen molar-refractivity contribution < 1.29 is 9.59 Å². The molecule has 3 heterocycles. The molecular weight excluding hydrogens is 328 g/mol. The summed E-state index contributed by atoms with van der Waals surface area (Å²) in [4.78, 5) is 30.0. The fourth-order valence-electron chi connectivity index (χ4n) is 3.51. The maximum Gasteiger partial charge on any atom is 0.259 e. The van der Waals surface area contributed by atoms with Gasteiger partial charge in [-0.05, 0) is 24.6 Å². The fraction of sp³-hybridized carbons (Fsp3) is 0.200. The van der Waals surface area contributed by atoms with Crippen LogP contribution in [0, 0.1) is 5.92 Å². The van der Waals surface area contributed by atoms with E-state index in [1.807, 2.05) is 55.5 Å². The molecule has 2 aromatic rings. The van der Waals surface area contributed by atoms with E-state index in [1.54, 1.807) is 11.2 Å². The van der Waals surface area contributed by atoms with E-state index < -0.39 is 5.54 Å². The van der Waals surface area contributed by atoms with Gasteiger partial charge in [0.25, 0.3) is 11.8 Å². The first-order chi connectivity index (χ1) is 12.5. The van der Waals surface area contributed by atoms with Crippen molar-refractivity contribution >= 4 is 23.5 Å². The molecule has 2 aliphatic rings. The standard InChI is InChI=1S/C20H18N4O2/c1-14-19(23-17(25)11-12-18(23)26)22-24(16-10-6-7-13-21-16)20(14,2)15-8-4-3-5-9-15/h3-14H,1-2H3. The SMILES string of the molecule is CC1C(N2C(=O)C=CC2=O)=NN(c2ccccn2)C1(C)c1ccccc1. The van der Waals surface area contributed by atoms with Crippen molar-refractivity contribution in [2.45, 2.75) is 19.4 Å². The van der Waals surface area contributed by atoms with Gasteiger partial charge in [-0.3, -0.25) is 9.59 Å². The smallest absolute Gasteiger partial charge is 0.259 e. The molecule has 1 aromatic heterocycles. The average molecular weight is 346 g/mol. The molecule has 2 atom stereocenters. The van der Waals surface area contributed by atoms with E-state index in [-0.39, 0.29) is 17.7 Å². The third-order valence-corrected chi connectivity index (χ3v) is 5.14. The summed E-state index contributed by atoms with van der Waals surface area (Å²) in [6.45, 7) is 4.03. The highest BCUT2D eigenvalue weighted by atomic mass is 16.2. The number of hydrogen-bond acceptors (Lipinski definition) is 5. The van der Waals surface area contributed by atoms with Gasteiger partial charge in [0, 0.05) is 24.3 Å². The Morgan fingerprint density at radius 1 is 0.962 bits per heavy atom. The van der Waals surface area contributed by atoms with Crippen LogP contribution in [-0.4, -0.2) is 27.5 Å². The van der Waals surface area contributed by atoms with E-state index in [0.717, 1.165) is 10.5 Å². The fourth-order valence-corrected chi connectivity index (χ4v) is 3.51. The van der Waals surface area contributed by atoms with E-state index in [2.05, 4.69) is 17.0 Å². The second kappa shape index (κ2) is 5.91. The summed E-state index contributed by atoms with van der Waals surface area (Å²) < 4.78 is 0. The summed E-state index contributed by atoms with van der Waals surface area (Å²) in [6, 6.07) is 15.5. The second-order valence-corrected chi connectivity index (χ2v) is 6.54. The number of hydrogen-bond donors (Lipinski definition) is 0. The number of amidine groups is 1. The first-order valence-electron chi connectivity index (χ1n) is 8.45. The second-order valence-electron chi connectivity index (χ2n) is 6.54. The molecule has 4 rings (SSSR count). The highest BCUT2D eigenvalue weighted by molar-refractivity contribution is 6.24. The maximum absolute atomic E-state index is 12.2. The van der Waals surface area contributed by atoms with Crippen LogP contribution in [0.1, 0.15) is 19.4 Å². The van der Waals surface area contributed by atoms with Crippen LogP contribution in [0.3, 0.4) is 0 Å². The monoisotopic (exact) mass is 346 g/mol. The first-order valence-corrected chi connectivity index (χ1v) is 8.45. The molecule has 2 amide bonds. The molecule has 0 fully saturated rings. The minimum atomic E-state index is -0.589. The minimum absolute atomic E-state index is 0.209. The molecule has 0 aliphatic carbocycles. The zero-order valence-corrected chi connectivity index (χ0v) is 14.5. The summed E-state index contributed by atoms with van der Waals surface area (Å²) >= 11 is 0. The highest BCUT2D eigenvalue weighted by Gasteiger charge is 2.51. The van der Waals surface area contributed by atoms with Crippen LogP contribution in [0.15, 0.2) is 72.0 Å². The normalized spacial score (nSPS) is 25.2. The van der Waals surface area contributed by atoms with Crippen LogP contribution >= 0.6 is 0 Å². The van der Waals surface area contributed by atoms with E-state index in [0.29, 0.717) is 11.7 Å². The van der Waals surface area contributed by atoms with Gasteiger partial charge in [-0.15, -0.1) is 0 Å². The topological polar surface area (TPSA) is 65.9 Å². The molecule has 1 aromatic carbocycles. The van der Waals surface area contributed by atoms with Crippen LogP contribution in [-0.2, 0) is 15.1 Å². The van der Waals surface area contributed by atoms with Crippen molar-refractivity contribution in [1.82, 2.24) is 9.88 Å². The van der Waals surface area contributed by atoms with Crippen molar-refractivity contribution in [2.75, 3.05) is 5.01 Å². The zero-order chi connectivity index (χ0) is 18.3. The maximum atomic E-state index is 12.2. The van der Waals surface area contributed by atoms with Gasteiger partial charge in [0.2, 0.25) is 0 Å². The Labute approximate surface area is 151 Å². The van der Waals surface area contributed by atoms with Gasteiger partial charge in [-0.25, -0.2) is 14.9 Å². The molecular formula is C20H18N4O2. The number of aromatic nitrogens is 1. The minimum Gasteiger partial charge on any atom is -0.269 e. The third-order valence-electron chi connectivity index (χ3n) is 5.14. The Balaban J connectivity index is 1.86. The summed E-state index contributed by atoms with van der Waals surface area (Å²) in [5.74, 6) is 0.159. The molecule has 6 nitrogen and oxygen atoms in total. The Bertz CT molecular complexity index is 905. The van der Waals surface area contributed by atoms with Gasteiger partial charge >= 0.3 is 0 Å². The molecule has 2 unspecified atom stereocenters. The lowest BCUT2D eigenvalue weighted by Crippen LogP contribution is -2.46. The Kier molecular flexibility index (Phi) is 3.68. The van der Waals surface area contributed by atoms with E-state index in [4.69, 9.17) is 0 Å². The van der Waals surface area contributed by atoms with Gasteiger partial charge < -0.3 is 0 Å². The van der Waals surface area contributed by atoms with Crippen LogP contribution in [0.4, 0.5) is 5.82 Å². The van der Waals surface area contributed by atoms with Crippen LogP contribution in [0.25, 0.3) is 0 Å². The number of pyridine rings is 1. The van der Waals surface area contributed by atoms with Gasteiger partial charge in [-0.2, -0.15) is 5.10 Å². The lowest BCUT2D eigenvalue weighted by atomic mass is 9.80. The number of amides is 2. The van der Waals surface area contributed by atoms with Crippen LogP contribution < -0.4 is 5.01 Å². The lowest BCUT2D eigenvalue weighted by molar-refractivity contribution is -0.132. The van der Waals surface area contributed by atoms with E-state index in [9.17, 15) is 9.59 Å². The molecule has 0 spiro atoms. The molecule has 26 heavy (non-hydrogen) atoms. The van der Waals surface area contributed by atoms with Gasteiger partial charge in [0.1, 0.15) is 11.7 Å². The van der Waals surface area contributed by atoms with Crippen molar-refractivity contribution in [3.63, 3.8) is 0 Å². The van der Waals surface area contributed by atoms with E-state index in [1.165, 1.54) is 12.2 Å². The molecule has 6 heteroatoms. The van der Waals surface area contributed by atoms with Gasteiger partial charge in [0.15, 0.2) is 0 Å². The number of carbonyl (C=O) groups is 2. The Morgan fingerprint density at radius 2 is 1.62 bits per heavy atom. The van der Waals surface area contributed by atoms with Crippen LogP contribution in [0.2, 0.25) is 0 Å². The first kappa shape index (κ1) is 16.2. The largest absolute Gasteiger partial charge is 0.269 e. The van der Waals surface area contributed by atoms with Gasteiger partial charge in [-0.1, -0.05) is 43.3 Å². The number of nitrogens with zero attached hydrogens (tertiary/aromatic N) is 4. The number of carbonyl (C=O) groups excluding carboxylic acids is 2. The summed E-state index contributed by atoms with van der Waals surface area (Å²) in [6.07, 6.45) is 4.26. The Hall–Kier alpha value is -3.28. The zero-order valence-electron chi connectivity index (χ0n) is 14.5. The average Bonchev–Trinajstić information content (AvgIpc) is 3.14. The Morgan fingerprint density at radius 3 is 2.23 bits per heavy atom. The van der Waals surface area contributed by atoms with Crippen molar-refractivity contribution in [3.8, 4) is 0 Å². The molecule has 0 saturated heterocycles. The molecule has 0 bridgehead atoms. The van der Waals surface area contributed by atoms with Crippen LogP contribution in [0.5, 0.6) is 0 Å². The van der Waals surface area contributed by atoms with E-state index >= 15 is 0 Å². The number of imide groups is 1. The van der Waals surface area contributed by atoms with Crippen molar-refractivity contribution in [1.29, 1.82) is 0 Å². The summed E-state index contributed by atoms with van der Waals surface area (Å²) in [5.41, 5.74) is 0.442. The molecule has 2 aliphatic heterocycles.